The van der Waals surface area contributed by atoms with Gasteiger partial charge in [0.25, 0.3) is 0 Å². The largest absolute Gasteiger partial charge is 0.384 e. The summed E-state index contributed by atoms with van der Waals surface area (Å²) in [5.74, 6) is 0.521. The molecule has 1 aliphatic carbocycles. The molecule has 0 saturated heterocycles. The number of nitrogen functional groups attached to an aromatic ring is 1. The molecule has 25 heavy (non-hydrogen) atoms. The Morgan fingerprint density at radius 2 is 1.76 bits per heavy atom. The normalized spacial score (nSPS) is 13.2. The minimum absolute atomic E-state index is 0.521. The first-order valence-electron chi connectivity index (χ1n) is 8.27. The lowest BCUT2D eigenvalue weighted by atomic mass is 10.1. The molecule has 4 rings (SSSR count). The Bertz CT molecular complexity index is 882. The third-order valence-corrected chi connectivity index (χ3v) is 4.66. The molecule has 0 fully saturated rings. The summed E-state index contributed by atoms with van der Waals surface area (Å²) in [6.07, 6.45) is 5.85. The zero-order valence-electron chi connectivity index (χ0n) is 14.3. The standard InChI is InChI=1S/C11H12N4S.C9H10/c1-16-11(13)14-8-3-4-9-7(6-8)2-5-10(12)15-9;1-2-5-9-7-3-6-8(9)4-1/h2-6H,1H3,(H2,12,15)(H2,13,14);1-2,4-5H,3,6-7H2. The third kappa shape index (κ3) is 4.51. The summed E-state index contributed by atoms with van der Waals surface area (Å²) in [6, 6.07) is 18.1. The van der Waals surface area contributed by atoms with Crippen molar-refractivity contribution in [3.8, 4) is 0 Å². The van der Waals surface area contributed by atoms with Crippen molar-refractivity contribution in [1.82, 2.24) is 4.98 Å². The van der Waals surface area contributed by atoms with Gasteiger partial charge >= 0.3 is 0 Å². The molecular weight excluding hydrogens is 328 g/mol. The maximum Gasteiger partial charge on any atom is 0.158 e. The van der Waals surface area contributed by atoms with Gasteiger partial charge in [-0.3, -0.25) is 0 Å². The summed E-state index contributed by atoms with van der Waals surface area (Å²) in [7, 11) is 0. The molecule has 0 saturated carbocycles. The quantitative estimate of drug-likeness (QED) is 0.507. The number of hydrogen-bond donors (Lipinski definition) is 2. The van der Waals surface area contributed by atoms with Gasteiger partial charge in [-0.2, -0.15) is 0 Å². The van der Waals surface area contributed by atoms with Crippen LogP contribution in [0.5, 0.6) is 0 Å². The minimum atomic E-state index is 0.521. The predicted octanol–water partition coefficient (Wildman–Crippen LogP) is 4.30. The average molecular weight is 350 g/mol. The third-order valence-electron chi connectivity index (χ3n) is 4.15. The first kappa shape index (κ1) is 17.3. The lowest BCUT2D eigenvalue weighted by molar-refractivity contribution is 0.912. The van der Waals surface area contributed by atoms with Crippen molar-refractivity contribution < 1.29 is 0 Å². The van der Waals surface area contributed by atoms with Crippen LogP contribution in [0.4, 0.5) is 11.5 Å². The van der Waals surface area contributed by atoms with Crippen molar-refractivity contribution in [3.05, 3.63) is 65.7 Å². The smallest absolute Gasteiger partial charge is 0.158 e. The highest BCUT2D eigenvalue weighted by Gasteiger charge is 2.07. The maximum atomic E-state index is 5.65. The lowest BCUT2D eigenvalue weighted by Gasteiger charge is -2.01. The number of pyridine rings is 1. The average Bonchev–Trinajstić information content (AvgIpc) is 3.11. The number of fused-ring (bicyclic) bond motifs is 2. The van der Waals surface area contributed by atoms with Gasteiger partial charge in [0.05, 0.1) is 11.2 Å². The number of nitrogens with two attached hydrogens (primary N) is 2. The first-order chi connectivity index (χ1) is 12.2. The second kappa shape index (κ2) is 8.03. The van der Waals surface area contributed by atoms with Crippen LogP contribution in [-0.4, -0.2) is 16.4 Å². The molecule has 128 valence electrons. The van der Waals surface area contributed by atoms with Crippen LogP contribution in [0.25, 0.3) is 10.9 Å². The highest BCUT2D eigenvalue weighted by Crippen LogP contribution is 2.21. The van der Waals surface area contributed by atoms with E-state index in [4.69, 9.17) is 11.5 Å². The van der Waals surface area contributed by atoms with Crippen LogP contribution in [0.2, 0.25) is 0 Å². The van der Waals surface area contributed by atoms with Crippen molar-refractivity contribution in [3.63, 3.8) is 0 Å². The van der Waals surface area contributed by atoms with E-state index in [1.54, 1.807) is 17.2 Å². The molecule has 0 amide bonds. The van der Waals surface area contributed by atoms with Crippen LogP contribution in [0.3, 0.4) is 0 Å². The fraction of sp³-hybridized carbons (Fsp3) is 0.200. The molecule has 0 bridgehead atoms. The zero-order valence-corrected chi connectivity index (χ0v) is 15.1. The van der Waals surface area contributed by atoms with Gasteiger partial charge in [0, 0.05) is 5.39 Å². The number of benzene rings is 2. The number of nitrogens with zero attached hydrogens (tertiary/aromatic N) is 2. The molecule has 2 aromatic carbocycles. The zero-order chi connectivity index (χ0) is 17.6. The van der Waals surface area contributed by atoms with Gasteiger partial charge in [-0.15, -0.1) is 0 Å². The molecule has 1 aromatic heterocycles. The minimum Gasteiger partial charge on any atom is -0.384 e. The number of aromatic nitrogens is 1. The van der Waals surface area contributed by atoms with Crippen molar-refractivity contribution in [2.24, 2.45) is 10.7 Å². The molecule has 0 aliphatic heterocycles. The molecule has 0 spiro atoms. The molecule has 5 heteroatoms. The van der Waals surface area contributed by atoms with E-state index in [2.05, 4.69) is 34.2 Å². The summed E-state index contributed by atoms with van der Waals surface area (Å²) >= 11 is 1.42. The van der Waals surface area contributed by atoms with E-state index >= 15 is 0 Å². The highest BCUT2D eigenvalue weighted by atomic mass is 32.2. The summed E-state index contributed by atoms with van der Waals surface area (Å²) in [5.41, 5.74) is 16.1. The lowest BCUT2D eigenvalue weighted by Crippen LogP contribution is -2.04. The van der Waals surface area contributed by atoms with Gasteiger partial charge in [-0.05, 0) is 67.0 Å². The van der Waals surface area contributed by atoms with Crippen LogP contribution in [0.1, 0.15) is 17.5 Å². The highest BCUT2D eigenvalue weighted by molar-refractivity contribution is 8.13. The summed E-state index contributed by atoms with van der Waals surface area (Å²) < 4.78 is 0. The number of aliphatic imine (C=N–C) groups is 1. The molecule has 4 nitrogen and oxygen atoms in total. The van der Waals surface area contributed by atoms with Gasteiger partial charge in [0.2, 0.25) is 0 Å². The number of anilines is 1. The number of rotatable bonds is 1. The van der Waals surface area contributed by atoms with E-state index < -0.39 is 0 Å². The van der Waals surface area contributed by atoms with E-state index in [-0.39, 0.29) is 0 Å². The van der Waals surface area contributed by atoms with Gasteiger partial charge < -0.3 is 11.5 Å². The molecule has 0 atom stereocenters. The van der Waals surface area contributed by atoms with Crippen LogP contribution in [-0.2, 0) is 12.8 Å². The van der Waals surface area contributed by atoms with E-state index in [9.17, 15) is 0 Å². The fourth-order valence-electron chi connectivity index (χ4n) is 2.89. The molecule has 1 aliphatic rings. The Labute approximate surface area is 152 Å². The molecule has 0 unspecified atom stereocenters. The maximum absolute atomic E-state index is 5.65. The van der Waals surface area contributed by atoms with Gasteiger partial charge in [-0.25, -0.2) is 9.98 Å². The van der Waals surface area contributed by atoms with Crippen molar-refractivity contribution in [2.75, 3.05) is 12.0 Å². The summed E-state index contributed by atoms with van der Waals surface area (Å²) in [5, 5.41) is 1.55. The van der Waals surface area contributed by atoms with Gasteiger partial charge in [0.1, 0.15) is 5.82 Å². The Hall–Kier alpha value is -2.53. The van der Waals surface area contributed by atoms with E-state index in [0.29, 0.717) is 11.0 Å². The van der Waals surface area contributed by atoms with Gasteiger partial charge in [-0.1, -0.05) is 36.0 Å². The second-order valence-corrected chi connectivity index (χ2v) is 6.72. The van der Waals surface area contributed by atoms with Crippen molar-refractivity contribution >= 4 is 39.3 Å². The molecule has 4 N–H and O–H groups in total. The predicted molar refractivity (Wildman–Crippen MR) is 109 cm³/mol. The van der Waals surface area contributed by atoms with Crippen LogP contribution < -0.4 is 11.5 Å². The van der Waals surface area contributed by atoms with E-state index in [1.807, 2.05) is 30.5 Å². The Morgan fingerprint density at radius 3 is 2.44 bits per heavy atom. The molecule has 1 heterocycles. The van der Waals surface area contributed by atoms with Crippen LogP contribution in [0.15, 0.2) is 59.6 Å². The fourth-order valence-corrected chi connectivity index (χ4v) is 3.08. The molecule has 0 radical (unpaired) electrons. The summed E-state index contributed by atoms with van der Waals surface area (Å²) in [6.45, 7) is 0. The van der Waals surface area contributed by atoms with Gasteiger partial charge in [0.15, 0.2) is 5.17 Å². The Balaban J connectivity index is 0.000000170. The summed E-state index contributed by atoms with van der Waals surface area (Å²) in [4.78, 5) is 8.46. The van der Waals surface area contributed by atoms with Crippen LogP contribution >= 0.6 is 11.8 Å². The second-order valence-electron chi connectivity index (χ2n) is 5.89. The Morgan fingerprint density at radius 1 is 1.04 bits per heavy atom. The van der Waals surface area contributed by atoms with E-state index in [1.165, 1.54) is 31.0 Å². The molecule has 3 aromatic rings. The van der Waals surface area contributed by atoms with Crippen molar-refractivity contribution in [2.45, 2.75) is 19.3 Å². The number of aryl methyl sites for hydroxylation is 2. The number of thioether (sulfide) groups is 1. The molecular formula is C20H22N4S. The van der Waals surface area contributed by atoms with E-state index in [0.717, 1.165) is 16.6 Å². The first-order valence-corrected chi connectivity index (χ1v) is 9.49. The number of hydrogen-bond acceptors (Lipinski definition) is 4. The number of amidine groups is 1. The topological polar surface area (TPSA) is 77.3 Å². The Kier molecular flexibility index (Phi) is 5.56. The monoisotopic (exact) mass is 350 g/mol. The SMILES string of the molecule is CSC(N)=Nc1ccc2nc(N)ccc2c1.c1ccc2c(c1)CCC2. The van der Waals surface area contributed by atoms with Crippen molar-refractivity contribution in [1.29, 1.82) is 0 Å². The van der Waals surface area contributed by atoms with Crippen LogP contribution in [0, 0.1) is 0 Å².